The van der Waals surface area contributed by atoms with Gasteiger partial charge in [-0.05, 0) is 27.1 Å². The van der Waals surface area contributed by atoms with Crippen molar-refractivity contribution in [3.63, 3.8) is 0 Å². The van der Waals surface area contributed by atoms with Crippen molar-refractivity contribution in [1.29, 1.82) is 0 Å². The van der Waals surface area contributed by atoms with E-state index in [1.807, 2.05) is 0 Å². The van der Waals surface area contributed by atoms with Gasteiger partial charge < -0.3 is 10.2 Å². The van der Waals surface area contributed by atoms with E-state index in [1.165, 1.54) is 7.05 Å². The largest absolute Gasteiger partial charge is 0.312 e. The van der Waals surface area contributed by atoms with Gasteiger partial charge in [0.15, 0.2) is 0 Å². The summed E-state index contributed by atoms with van der Waals surface area (Å²) in [5, 5.41) is 3.24. The SMILES string of the molecule is CNS(=O)(=O)CCNC1CCN(C)C1. The van der Waals surface area contributed by atoms with Crippen molar-refractivity contribution in [3.8, 4) is 0 Å². The zero-order valence-electron chi connectivity index (χ0n) is 8.78. The van der Waals surface area contributed by atoms with Gasteiger partial charge in [0.1, 0.15) is 0 Å². The molecule has 14 heavy (non-hydrogen) atoms. The first-order chi connectivity index (χ1) is 6.53. The molecule has 1 aliphatic heterocycles. The standard InChI is InChI=1S/C8H19N3O2S/c1-9-14(12,13)6-4-10-8-3-5-11(2)7-8/h8-10H,3-7H2,1-2H3. The van der Waals surface area contributed by atoms with E-state index in [-0.39, 0.29) is 5.75 Å². The summed E-state index contributed by atoms with van der Waals surface area (Å²) in [7, 11) is 0.468. The lowest BCUT2D eigenvalue weighted by atomic mass is 10.3. The van der Waals surface area contributed by atoms with Crippen LogP contribution in [-0.4, -0.2) is 58.8 Å². The van der Waals surface area contributed by atoms with Crippen molar-refractivity contribution < 1.29 is 8.42 Å². The molecule has 0 bridgehead atoms. The van der Waals surface area contributed by atoms with Gasteiger partial charge in [-0.1, -0.05) is 0 Å². The van der Waals surface area contributed by atoms with E-state index in [0.29, 0.717) is 12.6 Å². The molecule has 0 aromatic carbocycles. The fourth-order valence-corrected chi connectivity index (χ4v) is 2.19. The summed E-state index contributed by atoms with van der Waals surface area (Å²) in [4.78, 5) is 2.24. The molecular formula is C8H19N3O2S. The highest BCUT2D eigenvalue weighted by Crippen LogP contribution is 2.05. The molecule has 1 atom stereocenters. The van der Waals surface area contributed by atoms with Crippen LogP contribution in [0, 0.1) is 0 Å². The van der Waals surface area contributed by atoms with Crippen LogP contribution in [0.2, 0.25) is 0 Å². The molecule has 1 unspecified atom stereocenters. The smallest absolute Gasteiger partial charge is 0.212 e. The van der Waals surface area contributed by atoms with E-state index in [0.717, 1.165) is 19.5 Å². The highest BCUT2D eigenvalue weighted by Gasteiger charge is 2.18. The molecule has 2 N–H and O–H groups in total. The highest BCUT2D eigenvalue weighted by atomic mass is 32.2. The van der Waals surface area contributed by atoms with E-state index in [9.17, 15) is 8.42 Å². The Kier molecular flexibility index (Phi) is 4.31. The number of sulfonamides is 1. The molecule has 1 rings (SSSR count). The van der Waals surface area contributed by atoms with Gasteiger partial charge in [0.25, 0.3) is 0 Å². The van der Waals surface area contributed by atoms with Crippen LogP contribution >= 0.6 is 0 Å². The van der Waals surface area contributed by atoms with E-state index in [2.05, 4.69) is 22.0 Å². The fourth-order valence-electron chi connectivity index (χ4n) is 1.60. The van der Waals surface area contributed by atoms with Crippen molar-refractivity contribution in [2.75, 3.05) is 39.5 Å². The first kappa shape index (κ1) is 11.9. The van der Waals surface area contributed by atoms with Gasteiger partial charge in [-0.2, -0.15) is 0 Å². The van der Waals surface area contributed by atoms with Gasteiger partial charge >= 0.3 is 0 Å². The lowest BCUT2D eigenvalue weighted by Crippen LogP contribution is -2.36. The minimum Gasteiger partial charge on any atom is -0.312 e. The van der Waals surface area contributed by atoms with Crippen LogP contribution in [0.3, 0.4) is 0 Å². The number of likely N-dealkylation sites (N-methyl/N-ethyl adjacent to an activating group) is 1. The molecule has 0 radical (unpaired) electrons. The number of hydrogen-bond donors (Lipinski definition) is 2. The maximum atomic E-state index is 11.1. The average Bonchev–Trinajstić information content (AvgIpc) is 2.51. The molecule has 0 aromatic rings. The summed E-state index contributed by atoms with van der Waals surface area (Å²) < 4.78 is 24.4. The van der Waals surface area contributed by atoms with Crippen molar-refractivity contribution in [2.45, 2.75) is 12.5 Å². The van der Waals surface area contributed by atoms with Crippen LogP contribution in [-0.2, 0) is 10.0 Å². The molecule has 6 heteroatoms. The van der Waals surface area contributed by atoms with Gasteiger partial charge in [0.2, 0.25) is 10.0 Å². The zero-order chi connectivity index (χ0) is 10.6. The Balaban J connectivity index is 2.16. The molecule has 0 amide bonds. The summed E-state index contributed by atoms with van der Waals surface area (Å²) >= 11 is 0. The van der Waals surface area contributed by atoms with Gasteiger partial charge in [-0.15, -0.1) is 0 Å². The Morgan fingerprint density at radius 2 is 2.21 bits per heavy atom. The first-order valence-corrected chi connectivity index (χ1v) is 6.52. The van der Waals surface area contributed by atoms with Crippen LogP contribution in [0.5, 0.6) is 0 Å². The molecule has 0 aromatic heterocycles. The normalized spacial score (nSPS) is 24.3. The monoisotopic (exact) mass is 221 g/mol. The minimum absolute atomic E-state index is 0.156. The van der Waals surface area contributed by atoms with E-state index in [4.69, 9.17) is 0 Å². The summed E-state index contributed by atoms with van der Waals surface area (Å²) in [5.41, 5.74) is 0. The quantitative estimate of drug-likeness (QED) is 0.614. The predicted octanol–water partition coefficient (Wildman–Crippen LogP) is -1.17. The average molecular weight is 221 g/mol. The third kappa shape index (κ3) is 3.91. The Bertz CT molecular complexity index is 266. The van der Waals surface area contributed by atoms with Gasteiger partial charge in [-0.25, -0.2) is 13.1 Å². The molecule has 0 saturated carbocycles. The lowest BCUT2D eigenvalue weighted by molar-refractivity contribution is 0.400. The molecule has 1 saturated heterocycles. The lowest BCUT2D eigenvalue weighted by Gasteiger charge is -2.12. The second kappa shape index (κ2) is 5.06. The van der Waals surface area contributed by atoms with Crippen LogP contribution in [0.1, 0.15) is 6.42 Å². The first-order valence-electron chi connectivity index (χ1n) is 4.86. The van der Waals surface area contributed by atoms with Gasteiger partial charge in [0, 0.05) is 19.1 Å². The summed E-state index contributed by atoms with van der Waals surface area (Å²) in [5.74, 6) is 0.156. The van der Waals surface area contributed by atoms with E-state index >= 15 is 0 Å². The van der Waals surface area contributed by atoms with Crippen molar-refractivity contribution in [3.05, 3.63) is 0 Å². The predicted molar refractivity (Wildman–Crippen MR) is 56.8 cm³/mol. The molecule has 5 nitrogen and oxygen atoms in total. The Labute approximate surface area is 85.9 Å². The van der Waals surface area contributed by atoms with Crippen molar-refractivity contribution in [1.82, 2.24) is 14.9 Å². The van der Waals surface area contributed by atoms with Gasteiger partial charge in [-0.3, -0.25) is 0 Å². The molecule has 0 aliphatic carbocycles. The van der Waals surface area contributed by atoms with Crippen molar-refractivity contribution >= 4 is 10.0 Å². The molecular weight excluding hydrogens is 202 g/mol. The molecule has 0 spiro atoms. The number of nitrogens with zero attached hydrogens (tertiary/aromatic N) is 1. The third-order valence-electron chi connectivity index (χ3n) is 2.51. The molecule has 1 fully saturated rings. The molecule has 84 valence electrons. The fraction of sp³-hybridized carbons (Fsp3) is 1.00. The van der Waals surface area contributed by atoms with Crippen molar-refractivity contribution in [2.24, 2.45) is 0 Å². The second-order valence-corrected chi connectivity index (χ2v) is 5.77. The van der Waals surface area contributed by atoms with E-state index in [1.54, 1.807) is 0 Å². The maximum Gasteiger partial charge on any atom is 0.212 e. The highest BCUT2D eigenvalue weighted by molar-refractivity contribution is 7.89. The van der Waals surface area contributed by atoms with Crippen LogP contribution in [0.4, 0.5) is 0 Å². The Morgan fingerprint density at radius 3 is 2.71 bits per heavy atom. The Morgan fingerprint density at radius 1 is 1.50 bits per heavy atom. The summed E-state index contributed by atoms with van der Waals surface area (Å²) in [6.45, 7) is 2.64. The minimum atomic E-state index is -3.05. The van der Waals surface area contributed by atoms with Crippen LogP contribution in [0.15, 0.2) is 0 Å². The Hall–Kier alpha value is -0.170. The van der Waals surface area contributed by atoms with Crippen LogP contribution < -0.4 is 10.0 Å². The zero-order valence-corrected chi connectivity index (χ0v) is 9.60. The van der Waals surface area contributed by atoms with Crippen LogP contribution in [0.25, 0.3) is 0 Å². The molecule has 1 aliphatic rings. The maximum absolute atomic E-state index is 11.1. The summed E-state index contributed by atoms with van der Waals surface area (Å²) in [6, 6.07) is 0.451. The number of hydrogen-bond acceptors (Lipinski definition) is 4. The van der Waals surface area contributed by atoms with Gasteiger partial charge in [0.05, 0.1) is 5.75 Å². The number of likely N-dealkylation sites (tertiary alicyclic amines) is 1. The topological polar surface area (TPSA) is 61.4 Å². The molecule has 1 heterocycles. The number of rotatable bonds is 5. The second-order valence-electron chi connectivity index (χ2n) is 3.72. The van der Waals surface area contributed by atoms with E-state index < -0.39 is 10.0 Å². The summed E-state index contributed by atoms with van der Waals surface area (Å²) in [6.07, 6.45) is 1.11. The third-order valence-corrected chi connectivity index (χ3v) is 3.87. The number of nitrogens with one attached hydrogen (secondary N) is 2.